The molecule has 0 bridgehead atoms. The molecule has 11 heteroatoms. The monoisotopic (exact) mass is 453 g/mol. The van der Waals surface area contributed by atoms with Gasteiger partial charge in [0, 0.05) is 23.7 Å². The number of carbonyl (C=O) groups is 1. The predicted octanol–water partition coefficient (Wildman–Crippen LogP) is 4.05. The number of hydrogen-bond donors (Lipinski definition) is 1. The van der Waals surface area contributed by atoms with E-state index in [1.165, 1.54) is 18.7 Å². The number of hydrogen-bond acceptors (Lipinski definition) is 10. The van der Waals surface area contributed by atoms with Gasteiger partial charge in [-0.2, -0.15) is 0 Å². The maximum Gasteiger partial charge on any atom is 0.277 e. The van der Waals surface area contributed by atoms with Crippen molar-refractivity contribution in [2.24, 2.45) is 0 Å². The molecular weight excluding hydrogens is 434 g/mol. The molecule has 10 nitrogen and oxygen atoms in total. The molecule has 0 aliphatic rings. The highest BCUT2D eigenvalue weighted by molar-refractivity contribution is 7.98. The number of rotatable bonds is 8. The van der Waals surface area contributed by atoms with E-state index < -0.39 is 0 Å². The lowest BCUT2D eigenvalue weighted by Gasteiger charge is -2.07. The van der Waals surface area contributed by atoms with E-state index in [1.807, 2.05) is 6.07 Å². The van der Waals surface area contributed by atoms with Gasteiger partial charge >= 0.3 is 0 Å². The number of aromatic nitrogens is 4. The molecule has 1 N–H and O–H groups in total. The van der Waals surface area contributed by atoms with Gasteiger partial charge in [-0.1, -0.05) is 11.8 Å². The van der Waals surface area contributed by atoms with Crippen molar-refractivity contribution in [3.63, 3.8) is 0 Å². The second-order valence-electron chi connectivity index (χ2n) is 6.49. The van der Waals surface area contributed by atoms with Crippen molar-refractivity contribution in [3.05, 3.63) is 48.4 Å². The standard InChI is InChI=1S/C21H19N5O5S/c1-12(27)22-15-7-4-13(5-8-15)19-25-26-21(31-19)32-11-18-23-24-20(30-18)14-6-9-16(28-2)17(10-14)29-3/h4-10H,11H2,1-3H3,(H,22,27). The number of amides is 1. The van der Waals surface area contributed by atoms with Crippen molar-refractivity contribution < 1.29 is 23.1 Å². The lowest BCUT2D eigenvalue weighted by molar-refractivity contribution is -0.114. The first-order valence-electron chi connectivity index (χ1n) is 9.45. The molecule has 4 rings (SSSR count). The molecule has 4 aromatic rings. The van der Waals surface area contributed by atoms with Crippen LogP contribution in [0, 0.1) is 0 Å². The fraction of sp³-hybridized carbons (Fsp3) is 0.190. The lowest BCUT2D eigenvalue weighted by atomic mass is 10.2. The zero-order valence-electron chi connectivity index (χ0n) is 17.5. The minimum atomic E-state index is -0.135. The fourth-order valence-corrected chi connectivity index (χ4v) is 3.41. The molecule has 1 amide bonds. The maximum absolute atomic E-state index is 11.1. The molecule has 0 saturated heterocycles. The van der Waals surface area contributed by atoms with E-state index in [4.69, 9.17) is 18.3 Å². The van der Waals surface area contributed by atoms with Gasteiger partial charge in [-0.3, -0.25) is 4.79 Å². The maximum atomic E-state index is 11.1. The van der Waals surface area contributed by atoms with Crippen molar-refractivity contribution in [3.8, 4) is 34.4 Å². The van der Waals surface area contributed by atoms with Gasteiger partial charge in [0.05, 0.1) is 20.0 Å². The molecular formula is C21H19N5O5S. The highest BCUT2D eigenvalue weighted by atomic mass is 32.2. The van der Waals surface area contributed by atoms with Gasteiger partial charge in [0.25, 0.3) is 5.22 Å². The highest BCUT2D eigenvalue weighted by Crippen LogP contribution is 2.32. The van der Waals surface area contributed by atoms with Gasteiger partial charge in [0.15, 0.2) is 11.5 Å². The van der Waals surface area contributed by atoms with Crippen molar-refractivity contribution >= 4 is 23.4 Å². The summed E-state index contributed by atoms with van der Waals surface area (Å²) in [4.78, 5) is 11.1. The molecule has 0 spiro atoms. The molecule has 0 aliphatic heterocycles. The Morgan fingerprint density at radius 2 is 1.59 bits per heavy atom. The molecule has 32 heavy (non-hydrogen) atoms. The Kier molecular flexibility index (Phi) is 6.36. The van der Waals surface area contributed by atoms with Gasteiger partial charge in [0.2, 0.25) is 23.6 Å². The van der Waals surface area contributed by atoms with Crippen molar-refractivity contribution in [1.82, 2.24) is 20.4 Å². The SMILES string of the molecule is COc1ccc(-c2nnc(CSc3nnc(-c4ccc(NC(C)=O)cc4)o3)o2)cc1OC. The third-order valence-electron chi connectivity index (χ3n) is 4.28. The molecule has 0 radical (unpaired) electrons. The summed E-state index contributed by atoms with van der Waals surface area (Å²) in [5, 5.41) is 19.3. The zero-order valence-corrected chi connectivity index (χ0v) is 18.3. The molecule has 2 heterocycles. The van der Waals surface area contributed by atoms with Crippen LogP contribution in [0.4, 0.5) is 5.69 Å². The molecule has 0 fully saturated rings. The summed E-state index contributed by atoms with van der Waals surface area (Å²) in [5.74, 6) is 2.57. The van der Waals surface area contributed by atoms with Crippen LogP contribution in [0.5, 0.6) is 11.5 Å². The van der Waals surface area contributed by atoms with E-state index in [0.717, 1.165) is 5.56 Å². The second kappa shape index (κ2) is 9.52. The smallest absolute Gasteiger partial charge is 0.277 e. The van der Waals surface area contributed by atoms with Crippen molar-refractivity contribution in [2.45, 2.75) is 17.9 Å². The highest BCUT2D eigenvalue weighted by Gasteiger charge is 2.15. The average Bonchev–Trinajstić information content (AvgIpc) is 3.47. The number of methoxy groups -OCH3 is 2. The predicted molar refractivity (Wildman–Crippen MR) is 116 cm³/mol. The minimum absolute atomic E-state index is 0.135. The Balaban J connectivity index is 1.40. The van der Waals surface area contributed by atoms with E-state index in [1.54, 1.807) is 50.6 Å². The first-order valence-corrected chi connectivity index (χ1v) is 10.4. The zero-order chi connectivity index (χ0) is 22.5. The van der Waals surface area contributed by atoms with Crippen LogP contribution in [-0.2, 0) is 10.5 Å². The van der Waals surface area contributed by atoms with E-state index in [-0.39, 0.29) is 5.91 Å². The summed E-state index contributed by atoms with van der Waals surface area (Å²) in [7, 11) is 3.14. The normalized spacial score (nSPS) is 10.7. The van der Waals surface area contributed by atoms with Crippen LogP contribution < -0.4 is 14.8 Å². The summed E-state index contributed by atoms with van der Waals surface area (Å²) in [6.07, 6.45) is 0. The third kappa shape index (κ3) is 4.89. The van der Waals surface area contributed by atoms with Gasteiger partial charge in [-0.25, -0.2) is 0 Å². The van der Waals surface area contributed by atoms with Gasteiger partial charge < -0.3 is 23.6 Å². The van der Waals surface area contributed by atoms with Crippen molar-refractivity contribution in [1.29, 1.82) is 0 Å². The average molecular weight is 453 g/mol. The first kappa shape index (κ1) is 21.4. The minimum Gasteiger partial charge on any atom is -0.493 e. The Morgan fingerprint density at radius 1 is 0.906 bits per heavy atom. The Morgan fingerprint density at radius 3 is 2.31 bits per heavy atom. The van der Waals surface area contributed by atoms with Crippen molar-refractivity contribution in [2.75, 3.05) is 19.5 Å². The molecule has 0 unspecified atom stereocenters. The number of nitrogens with zero attached hydrogens (tertiary/aromatic N) is 4. The lowest BCUT2D eigenvalue weighted by Crippen LogP contribution is -2.05. The fourth-order valence-electron chi connectivity index (χ4n) is 2.81. The number of carbonyl (C=O) groups excluding carboxylic acids is 1. The summed E-state index contributed by atoms with van der Waals surface area (Å²) < 4.78 is 22.0. The molecule has 0 aliphatic carbocycles. The van der Waals surface area contributed by atoms with Gasteiger partial charge in [-0.05, 0) is 42.5 Å². The van der Waals surface area contributed by atoms with E-state index >= 15 is 0 Å². The summed E-state index contributed by atoms with van der Waals surface area (Å²) in [5.41, 5.74) is 2.15. The summed E-state index contributed by atoms with van der Waals surface area (Å²) in [6, 6.07) is 12.5. The molecule has 164 valence electrons. The van der Waals surface area contributed by atoms with Crippen LogP contribution >= 0.6 is 11.8 Å². The second-order valence-corrected chi connectivity index (χ2v) is 7.42. The first-order chi connectivity index (χ1) is 15.6. The van der Waals surface area contributed by atoms with E-state index in [9.17, 15) is 4.79 Å². The topological polar surface area (TPSA) is 125 Å². The number of thioether (sulfide) groups is 1. The van der Waals surface area contributed by atoms with E-state index in [2.05, 4.69) is 25.7 Å². The summed E-state index contributed by atoms with van der Waals surface area (Å²) >= 11 is 1.28. The number of anilines is 1. The number of benzene rings is 2. The molecule has 2 aromatic carbocycles. The van der Waals surface area contributed by atoms with Gasteiger partial charge in [0.1, 0.15) is 0 Å². The van der Waals surface area contributed by atoms with Crippen LogP contribution in [0.25, 0.3) is 22.9 Å². The number of ether oxygens (including phenoxy) is 2. The Labute approximate surface area is 187 Å². The quantitative estimate of drug-likeness (QED) is 0.390. The summed E-state index contributed by atoms with van der Waals surface area (Å²) in [6.45, 7) is 1.45. The largest absolute Gasteiger partial charge is 0.493 e. The van der Waals surface area contributed by atoms with Crippen LogP contribution in [0.1, 0.15) is 12.8 Å². The Hall–Kier alpha value is -3.86. The van der Waals surface area contributed by atoms with Crippen LogP contribution in [0.3, 0.4) is 0 Å². The Bertz CT molecular complexity index is 1220. The molecule has 0 atom stereocenters. The van der Waals surface area contributed by atoms with Crippen LogP contribution in [-0.4, -0.2) is 40.5 Å². The van der Waals surface area contributed by atoms with E-state index in [0.29, 0.717) is 51.4 Å². The number of nitrogens with one attached hydrogen (secondary N) is 1. The van der Waals surface area contributed by atoms with Crippen LogP contribution in [0.2, 0.25) is 0 Å². The van der Waals surface area contributed by atoms with Crippen LogP contribution in [0.15, 0.2) is 56.5 Å². The molecule has 2 aromatic heterocycles. The van der Waals surface area contributed by atoms with Gasteiger partial charge in [-0.15, -0.1) is 20.4 Å². The third-order valence-corrected chi connectivity index (χ3v) is 5.08. The molecule has 0 saturated carbocycles.